The predicted molar refractivity (Wildman–Crippen MR) is 129 cm³/mol. The van der Waals surface area contributed by atoms with Gasteiger partial charge >= 0.3 is 0 Å². The molecule has 3 unspecified atom stereocenters. The van der Waals surface area contributed by atoms with Gasteiger partial charge in [-0.05, 0) is 92.7 Å². The Labute approximate surface area is 187 Å². The van der Waals surface area contributed by atoms with E-state index in [1.165, 1.54) is 44.9 Å². The Morgan fingerprint density at radius 2 is 1.83 bits per heavy atom. The molecule has 170 valence electrons. The highest BCUT2D eigenvalue weighted by atomic mass is 28.4. The molecule has 0 bridgehead atoms. The average Bonchev–Trinajstić information content (AvgIpc) is 3.02. The van der Waals surface area contributed by atoms with E-state index < -0.39 is 8.32 Å². The molecular formula is C27H46O2Si. The molecule has 0 saturated heterocycles. The molecule has 0 aromatic rings. The summed E-state index contributed by atoms with van der Waals surface area (Å²) in [5.74, 6) is 2.40. The van der Waals surface area contributed by atoms with E-state index in [0.717, 1.165) is 24.2 Å². The molecule has 0 radical (unpaired) electrons. The standard InChI is InChI=1S/C27H46O2Si/c1-9-27-17-14-20(29-30(7,8)25(2,3)4)18-19(27)10-11-21-22-12-13-24(28-6)26(22,5)16-15-23(21)27/h9-10,20-24H,1,11-18H2,2-8H3/t20-,21?,22?,23?,24-,26-,27-/m0/s1. The van der Waals surface area contributed by atoms with Gasteiger partial charge in [0.15, 0.2) is 8.32 Å². The van der Waals surface area contributed by atoms with Crippen LogP contribution in [0.25, 0.3) is 0 Å². The largest absolute Gasteiger partial charge is 0.414 e. The van der Waals surface area contributed by atoms with Crippen LogP contribution in [0.15, 0.2) is 24.3 Å². The van der Waals surface area contributed by atoms with Crippen molar-refractivity contribution in [2.45, 2.75) is 109 Å². The fourth-order valence-electron chi connectivity index (χ4n) is 7.75. The van der Waals surface area contributed by atoms with Gasteiger partial charge in [-0.25, -0.2) is 0 Å². The highest BCUT2D eigenvalue weighted by Gasteiger charge is 2.59. The Morgan fingerprint density at radius 3 is 2.47 bits per heavy atom. The van der Waals surface area contributed by atoms with Gasteiger partial charge in [0, 0.05) is 18.6 Å². The molecule has 0 aliphatic heterocycles. The molecule has 0 N–H and O–H groups in total. The molecule has 0 heterocycles. The minimum Gasteiger partial charge on any atom is -0.414 e. The van der Waals surface area contributed by atoms with Gasteiger partial charge in [0.1, 0.15) is 0 Å². The van der Waals surface area contributed by atoms with E-state index in [2.05, 4.69) is 59.5 Å². The van der Waals surface area contributed by atoms with Crippen LogP contribution in [0.4, 0.5) is 0 Å². The topological polar surface area (TPSA) is 18.5 Å². The molecule has 4 aliphatic carbocycles. The van der Waals surface area contributed by atoms with Crippen LogP contribution in [0, 0.1) is 28.6 Å². The highest BCUT2D eigenvalue weighted by molar-refractivity contribution is 6.74. The second-order valence-corrected chi connectivity index (χ2v) is 17.4. The smallest absolute Gasteiger partial charge is 0.192 e. The summed E-state index contributed by atoms with van der Waals surface area (Å²) >= 11 is 0. The molecule has 4 rings (SSSR count). The molecule has 3 fully saturated rings. The van der Waals surface area contributed by atoms with E-state index in [9.17, 15) is 0 Å². The Hall–Kier alpha value is -0.383. The molecule has 30 heavy (non-hydrogen) atoms. The zero-order valence-electron chi connectivity index (χ0n) is 20.7. The molecule has 0 aromatic heterocycles. The SMILES string of the molecule is C=C[C@]12CC[C@H](O[Si](C)(C)C(C)(C)C)CC1=CCC1C2CC[C@@]2(C)C1CC[C@@H]2OC. The summed E-state index contributed by atoms with van der Waals surface area (Å²) < 4.78 is 12.8. The number of rotatable bonds is 4. The zero-order chi connectivity index (χ0) is 21.9. The van der Waals surface area contributed by atoms with Gasteiger partial charge in [-0.1, -0.05) is 45.4 Å². The first-order chi connectivity index (χ1) is 14.0. The fraction of sp³-hybridized carbons (Fsp3) is 0.852. The van der Waals surface area contributed by atoms with Gasteiger partial charge in [0.05, 0.1) is 6.10 Å². The first kappa shape index (κ1) is 22.8. The molecule has 0 aromatic carbocycles. The molecule has 0 spiro atoms. The summed E-state index contributed by atoms with van der Waals surface area (Å²) in [6.45, 7) is 18.8. The van der Waals surface area contributed by atoms with E-state index >= 15 is 0 Å². The Bertz CT molecular complexity index is 704. The van der Waals surface area contributed by atoms with E-state index in [0.29, 0.717) is 17.6 Å². The number of hydrogen-bond acceptors (Lipinski definition) is 2. The summed E-state index contributed by atoms with van der Waals surface area (Å²) in [6.07, 6.45) is 16.0. The van der Waals surface area contributed by atoms with Crippen LogP contribution in [0.2, 0.25) is 18.1 Å². The van der Waals surface area contributed by atoms with Gasteiger partial charge in [-0.15, -0.1) is 6.58 Å². The average molecular weight is 431 g/mol. The van der Waals surface area contributed by atoms with Gasteiger partial charge in [-0.2, -0.15) is 0 Å². The third-order valence-corrected chi connectivity index (χ3v) is 15.0. The molecule has 2 nitrogen and oxygen atoms in total. The van der Waals surface area contributed by atoms with Crippen LogP contribution in [0.1, 0.15) is 79.1 Å². The minimum atomic E-state index is -1.72. The van der Waals surface area contributed by atoms with Crippen molar-refractivity contribution >= 4 is 8.32 Å². The summed E-state index contributed by atoms with van der Waals surface area (Å²) in [6, 6.07) is 0. The molecule has 0 amide bonds. The second kappa shape index (κ2) is 7.59. The van der Waals surface area contributed by atoms with Crippen molar-refractivity contribution in [1.29, 1.82) is 0 Å². The monoisotopic (exact) mass is 430 g/mol. The molecule has 4 aliphatic rings. The van der Waals surface area contributed by atoms with Crippen molar-refractivity contribution in [3.05, 3.63) is 24.3 Å². The van der Waals surface area contributed by atoms with Gasteiger partial charge in [-0.3, -0.25) is 0 Å². The first-order valence-electron chi connectivity index (χ1n) is 12.5. The van der Waals surface area contributed by atoms with Crippen LogP contribution in [0.5, 0.6) is 0 Å². The van der Waals surface area contributed by atoms with E-state index in [1.807, 2.05) is 7.11 Å². The van der Waals surface area contributed by atoms with E-state index in [1.54, 1.807) is 5.57 Å². The number of methoxy groups -OCH3 is 1. The van der Waals surface area contributed by atoms with Gasteiger partial charge in [0.2, 0.25) is 0 Å². The zero-order valence-corrected chi connectivity index (χ0v) is 21.7. The van der Waals surface area contributed by atoms with Crippen LogP contribution in [0.3, 0.4) is 0 Å². The summed E-state index contributed by atoms with van der Waals surface area (Å²) in [5, 5.41) is 0.278. The second-order valence-electron chi connectivity index (χ2n) is 12.7. The van der Waals surface area contributed by atoms with E-state index in [4.69, 9.17) is 9.16 Å². The number of hydrogen-bond donors (Lipinski definition) is 0. The van der Waals surface area contributed by atoms with Crippen molar-refractivity contribution in [3.63, 3.8) is 0 Å². The van der Waals surface area contributed by atoms with Gasteiger partial charge in [0.25, 0.3) is 0 Å². The molecular weight excluding hydrogens is 384 g/mol. The Balaban J connectivity index is 1.57. The maximum atomic E-state index is 6.88. The summed E-state index contributed by atoms with van der Waals surface area (Å²) in [7, 11) is 0.204. The molecule has 3 heteroatoms. The normalized spacial score (nSPS) is 44.0. The number of ether oxygens (including phenoxy) is 1. The van der Waals surface area contributed by atoms with Crippen molar-refractivity contribution in [2.75, 3.05) is 7.11 Å². The lowest BCUT2D eigenvalue weighted by Gasteiger charge is -2.58. The third-order valence-electron chi connectivity index (χ3n) is 10.5. The number of fused-ring (bicyclic) bond motifs is 5. The molecule has 3 saturated carbocycles. The molecule has 7 atom stereocenters. The summed E-state index contributed by atoms with van der Waals surface area (Å²) in [4.78, 5) is 0. The minimum absolute atomic E-state index is 0.225. The van der Waals surface area contributed by atoms with E-state index in [-0.39, 0.29) is 10.5 Å². The summed E-state index contributed by atoms with van der Waals surface area (Å²) in [5.41, 5.74) is 2.27. The predicted octanol–water partition coefficient (Wildman–Crippen LogP) is 7.52. The maximum Gasteiger partial charge on any atom is 0.192 e. The third kappa shape index (κ3) is 3.33. The first-order valence-corrected chi connectivity index (χ1v) is 15.4. The van der Waals surface area contributed by atoms with Gasteiger partial charge < -0.3 is 9.16 Å². The fourth-order valence-corrected chi connectivity index (χ4v) is 9.13. The van der Waals surface area contributed by atoms with Crippen molar-refractivity contribution in [1.82, 2.24) is 0 Å². The van der Waals surface area contributed by atoms with Crippen LogP contribution in [-0.2, 0) is 9.16 Å². The quantitative estimate of drug-likeness (QED) is 0.339. The van der Waals surface area contributed by atoms with Crippen LogP contribution in [-0.4, -0.2) is 27.6 Å². The van der Waals surface area contributed by atoms with Crippen molar-refractivity contribution < 1.29 is 9.16 Å². The lowest BCUT2D eigenvalue weighted by molar-refractivity contribution is -0.0760. The lowest BCUT2D eigenvalue weighted by Crippen LogP contribution is -2.52. The Kier molecular flexibility index (Phi) is 5.77. The van der Waals surface area contributed by atoms with Crippen LogP contribution >= 0.6 is 0 Å². The number of allylic oxidation sites excluding steroid dienone is 2. The van der Waals surface area contributed by atoms with Crippen molar-refractivity contribution in [2.24, 2.45) is 28.6 Å². The lowest BCUT2D eigenvalue weighted by atomic mass is 9.47. The maximum absolute atomic E-state index is 6.88. The van der Waals surface area contributed by atoms with Crippen molar-refractivity contribution in [3.8, 4) is 0 Å². The van der Waals surface area contributed by atoms with Crippen LogP contribution < -0.4 is 0 Å². The Morgan fingerprint density at radius 1 is 1.10 bits per heavy atom. The highest BCUT2D eigenvalue weighted by Crippen LogP contribution is 2.65.